The topological polar surface area (TPSA) is 72.4 Å². The molecule has 0 unspecified atom stereocenters. The minimum Gasteiger partial charge on any atom is -0.496 e. The molecule has 0 spiro atoms. The van der Waals surface area contributed by atoms with Gasteiger partial charge in [-0.15, -0.1) is 0 Å². The maximum atomic E-state index is 12.1. The Bertz CT molecular complexity index is 818. The molecule has 1 aromatic carbocycles. The number of carbonyl (C=O) groups excluding carboxylic acids is 1. The number of aryl methyl sites for hydroxylation is 1. The van der Waals surface area contributed by atoms with Gasteiger partial charge in [0.05, 0.1) is 7.11 Å². The molecular weight excluding hydrogens is 330 g/mol. The summed E-state index contributed by atoms with van der Waals surface area (Å²) < 4.78 is 6.67. The second-order valence-corrected chi connectivity index (χ2v) is 7.23. The van der Waals surface area contributed by atoms with Crippen molar-refractivity contribution in [3.63, 3.8) is 0 Å². The van der Waals surface area contributed by atoms with Crippen LogP contribution in [0.3, 0.4) is 0 Å². The number of methoxy groups -OCH3 is 1. The van der Waals surface area contributed by atoms with Gasteiger partial charge >= 0.3 is 6.03 Å². The Balaban J connectivity index is 1.89. The van der Waals surface area contributed by atoms with E-state index >= 15 is 0 Å². The fourth-order valence-corrected chi connectivity index (χ4v) is 2.61. The summed E-state index contributed by atoms with van der Waals surface area (Å²) in [7, 11) is 1.53. The van der Waals surface area contributed by atoms with Crippen LogP contribution in [0.2, 0.25) is 0 Å². The van der Waals surface area contributed by atoms with Crippen molar-refractivity contribution in [2.24, 2.45) is 0 Å². The van der Waals surface area contributed by atoms with Crippen LogP contribution in [0, 0.1) is 6.92 Å². The number of anilines is 1. The molecule has 1 heterocycles. The largest absolute Gasteiger partial charge is 0.496 e. The molecule has 2 rings (SSSR count). The second-order valence-electron chi connectivity index (χ2n) is 7.23. The molecule has 0 aliphatic carbocycles. The first-order valence-electron chi connectivity index (χ1n) is 8.61. The molecule has 0 radical (unpaired) electrons. The molecule has 26 heavy (non-hydrogen) atoms. The smallest absolute Gasteiger partial charge is 0.319 e. The summed E-state index contributed by atoms with van der Waals surface area (Å²) in [6, 6.07) is 10.7. The molecule has 0 aliphatic rings. The van der Waals surface area contributed by atoms with Gasteiger partial charge in [0, 0.05) is 30.5 Å². The average molecular weight is 357 g/mol. The van der Waals surface area contributed by atoms with Crippen LogP contribution in [0.25, 0.3) is 0 Å². The van der Waals surface area contributed by atoms with E-state index in [1.807, 2.05) is 31.2 Å². The van der Waals surface area contributed by atoms with E-state index in [1.165, 1.54) is 18.7 Å². The van der Waals surface area contributed by atoms with Crippen molar-refractivity contribution in [2.45, 2.75) is 39.7 Å². The quantitative estimate of drug-likeness (QED) is 0.862. The van der Waals surface area contributed by atoms with Gasteiger partial charge in [-0.2, -0.15) is 0 Å². The summed E-state index contributed by atoms with van der Waals surface area (Å²) in [6.07, 6.45) is 0. The Morgan fingerprint density at radius 3 is 2.35 bits per heavy atom. The molecule has 1 aromatic heterocycles. The van der Waals surface area contributed by atoms with Crippen molar-refractivity contribution in [3.8, 4) is 5.75 Å². The van der Waals surface area contributed by atoms with E-state index in [2.05, 4.69) is 31.4 Å². The fourth-order valence-electron chi connectivity index (χ4n) is 2.61. The highest BCUT2D eigenvalue weighted by Crippen LogP contribution is 2.23. The minimum atomic E-state index is -0.298. The standard InChI is InChI=1S/C20H27N3O3/c1-14-12-17(26-5)13-18(24)23(14)11-10-21-19(25)22-16-8-6-15(7-9-16)20(2,3)4/h6-9,12-13H,10-11H2,1-5H3,(H2,21,22,25). The predicted molar refractivity (Wildman–Crippen MR) is 104 cm³/mol. The van der Waals surface area contributed by atoms with E-state index in [-0.39, 0.29) is 17.0 Å². The van der Waals surface area contributed by atoms with Crippen LogP contribution in [-0.2, 0) is 12.0 Å². The van der Waals surface area contributed by atoms with Crippen LogP contribution < -0.4 is 20.9 Å². The maximum Gasteiger partial charge on any atom is 0.319 e. The number of hydrogen-bond acceptors (Lipinski definition) is 3. The number of amides is 2. The van der Waals surface area contributed by atoms with Gasteiger partial charge in [-0.3, -0.25) is 4.79 Å². The van der Waals surface area contributed by atoms with Crippen molar-refractivity contribution in [1.29, 1.82) is 0 Å². The molecule has 2 N–H and O–H groups in total. The molecule has 0 atom stereocenters. The van der Waals surface area contributed by atoms with Gasteiger partial charge in [0.1, 0.15) is 5.75 Å². The van der Waals surface area contributed by atoms with E-state index < -0.39 is 0 Å². The van der Waals surface area contributed by atoms with Gasteiger partial charge in [-0.05, 0) is 36.1 Å². The lowest BCUT2D eigenvalue weighted by Gasteiger charge is -2.19. The van der Waals surface area contributed by atoms with Gasteiger partial charge < -0.3 is 19.9 Å². The maximum absolute atomic E-state index is 12.1. The van der Waals surface area contributed by atoms with Crippen LogP contribution >= 0.6 is 0 Å². The number of nitrogens with zero attached hydrogens (tertiary/aromatic N) is 1. The molecule has 2 aromatic rings. The van der Waals surface area contributed by atoms with Crippen molar-refractivity contribution >= 4 is 11.7 Å². The molecule has 0 saturated heterocycles. The Morgan fingerprint density at radius 1 is 1.15 bits per heavy atom. The van der Waals surface area contributed by atoms with Crippen LogP contribution in [0.15, 0.2) is 41.2 Å². The van der Waals surface area contributed by atoms with Gasteiger partial charge in [0.25, 0.3) is 5.56 Å². The molecule has 6 heteroatoms. The third kappa shape index (κ3) is 5.12. The lowest BCUT2D eigenvalue weighted by atomic mass is 9.87. The van der Waals surface area contributed by atoms with E-state index in [0.29, 0.717) is 18.8 Å². The third-order valence-corrected chi connectivity index (χ3v) is 4.17. The summed E-state index contributed by atoms with van der Waals surface area (Å²) in [5, 5.41) is 5.56. The molecule has 0 bridgehead atoms. The average Bonchev–Trinajstić information content (AvgIpc) is 2.56. The number of hydrogen-bond donors (Lipinski definition) is 2. The first-order valence-corrected chi connectivity index (χ1v) is 8.61. The van der Waals surface area contributed by atoms with E-state index in [0.717, 1.165) is 11.4 Å². The Morgan fingerprint density at radius 2 is 1.81 bits per heavy atom. The summed E-state index contributed by atoms with van der Waals surface area (Å²) >= 11 is 0. The number of rotatable bonds is 5. The lowest BCUT2D eigenvalue weighted by Crippen LogP contribution is -2.34. The van der Waals surface area contributed by atoms with Crippen LogP contribution in [0.1, 0.15) is 32.0 Å². The molecular formula is C20H27N3O3. The zero-order valence-corrected chi connectivity index (χ0v) is 16.1. The van der Waals surface area contributed by atoms with Gasteiger partial charge in [-0.25, -0.2) is 4.79 Å². The van der Waals surface area contributed by atoms with Crippen molar-refractivity contribution in [3.05, 3.63) is 58.0 Å². The molecule has 0 aliphatic heterocycles. The van der Waals surface area contributed by atoms with Crippen molar-refractivity contribution in [2.75, 3.05) is 19.0 Å². The highest BCUT2D eigenvalue weighted by Gasteiger charge is 2.13. The van der Waals surface area contributed by atoms with Gasteiger partial charge in [-0.1, -0.05) is 32.9 Å². The van der Waals surface area contributed by atoms with Crippen molar-refractivity contribution < 1.29 is 9.53 Å². The van der Waals surface area contributed by atoms with Gasteiger partial charge in [0.2, 0.25) is 0 Å². The highest BCUT2D eigenvalue weighted by molar-refractivity contribution is 5.89. The Hall–Kier alpha value is -2.76. The molecule has 0 saturated carbocycles. The van der Waals surface area contributed by atoms with Gasteiger partial charge in [0.15, 0.2) is 0 Å². The third-order valence-electron chi connectivity index (χ3n) is 4.17. The Kier molecular flexibility index (Phi) is 6.08. The number of nitrogens with one attached hydrogen (secondary N) is 2. The SMILES string of the molecule is COc1cc(C)n(CCNC(=O)Nc2ccc(C(C)(C)C)cc2)c(=O)c1. The monoisotopic (exact) mass is 357 g/mol. The normalized spacial score (nSPS) is 11.1. The van der Waals surface area contributed by atoms with Crippen molar-refractivity contribution in [1.82, 2.24) is 9.88 Å². The number of carbonyl (C=O) groups is 1. The zero-order valence-electron chi connectivity index (χ0n) is 16.1. The molecule has 6 nitrogen and oxygen atoms in total. The van der Waals surface area contributed by atoms with E-state index in [9.17, 15) is 9.59 Å². The number of pyridine rings is 1. The van der Waals surface area contributed by atoms with Crippen LogP contribution in [0.4, 0.5) is 10.5 Å². The lowest BCUT2D eigenvalue weighted by molar-refractivity contribution is 0.251. The first-order chi connectivity index (χ1) is 12.2. The number of urea groups is 1. The zero-order chi connectivity index (χ0) is 19.3. The summed E-state index contributed by atoms with van der Waals surface area (Å²) in [4.78, 5) is 24.1. The predicted octanol–water partition coefficient (Wildman–Crippen LogP) is 3.28. The number of aromatic nitrogens is 1. The summed E-state index contributed by atoms with van der Waals surface area (Å²) in [5.74, 6) is 0.535. The summed E-state index contributed by atoms with van der Waals surface area (Å²) in [5.41, 5.74) is 2.65. The van der Waals surface area contributed by atoms with E-state index in [4.69, 9.17) is 4.74 Å². The fraction of sp³-hybridized carbons (Fsp3) is 0.400. The minimum absolute atomic E-state index is 0.0737. The number of benzene rings is 1. The second kappa shape index (κ2) is 8.08. The van der Waals surface area contributed by atoms with E-state index in [1.54, 1.807) is 10.6 Å². The van der Waals surface area contributed by atoms with Crippen LogP contribution in [-0.4, -0.2) is 24.3 Å². The molecule has 2 amide bonds. The van der Waals surface area contributed by atoms with Crippen LogP contribution in [0.5, 0.6) is 5.75 Å². The molecule has 0 fully saturated rings. The summed E-state index contributed by atoms with van der Waals surface area (Å²) in [6.45, 7) is 9.01. The number of ether oxygens (including phenoxy) is 1. The molecule has 140 valence electrons. The first kappa shape index (κ1) is 19.6. The highest BCUT2D eigenvalue weighted by atomic mass is 16.5. The Labute approximate surface area is 154 Å².